The fraction of sp³-hybridized carbons (Fsp3) is 0.167. The molecule has 3 rings (SSSR count). The van der Waals surface area contributed by atoms with E-state index >= 15 is 0 Å². The molecule has 2 heterocycles. The van der Waals surface area contributed by atoms with Crippen LogP contribution < -0.4 is 5.73 Å². The lowest BCUT2D eigenvalue weighted by molar-refractivity contribution is 0.0996. The number of hydrogen-bond acceptors (Lipinski definition) is 4. The number of aromatic nitrogens is 2. The Bertz CT molecular complexity index is 1040. The number of nitriles is 1. The molecule has 24 heavy (non-hydrogen) atoms. The molecule has 0 radical (unpaired) electrons. The second-order valence-electron chi connectivity index (χ2n) is 5.78. The van der Waals surface area contributed by atoms with Crippen molar-refractivity contribution in [3.63, 3.8) is 0 Å². The van der Waals surface area contributed by atoms with E-state index in [0.29, 0.717) is 27.7 Å². The average Bonchev–Trinajstić information content (AvgIpc) is 2.87. The Labute approximate surface area is 138 Å². The van der Waals surface area contributed by atoms with E-state index in [-0.39, 0.29) is 11.4 Å². The standard InChI is InChI=1S/C18H16N4O2/c1-9-4-5-14(23)10(2)15(9)12-6-13(17(20)24)21-18-16(12)11(7-19)8-22(18)3/h4-6,8,23H,1-3H3,(H2,20,24). The summed E-state index contributed by atoms with van der Waals surface area (Å²) >= 11 is 0. The quantitative estimate of drug-likeness (QED) is 0.757. The second kappa shape index (κ2) is 5.39. The van der Waals surface area contributed by atoms with Crippen LogP contribution in [0, 0.1) is 25.2 Å². The topological polar surface area (TPSA) is 105 Å². The molecule has 0 aliphatic carbocycles. The molecule has 6 nitrogen and oxygen atoms in total. The van der Waals surface area contributed by atoms with Gasteiger partial charge in [0, 0.05) is 18.6 Å². The van der Waals surface area contributed by atoms with Crippen LogP contribution in [0.2, 0.25) is 0 Å². The number of primary amides is 1. The number of aryl methyl sites for hydroxylation is 2. The molecular weight excluding hydrogens is 304 g/mol. The summed E-state index contributed by atoms with van der Waals surface area (Å²) in [6.45, 7) is 3.70. The third-order valence-electron chi connectivity index (χ3n) is 4.21. The van der Waals surface area contributed by atoms with Crippen LogP contribution >= 0.6 is 0 Å². The molecular formula is C18H16N4O2. The molecule has 0 atom stereocenters. The first-order valence-corrected chi connectivity index (χ1v) is 7.34. The lowest BCUT2D eigenvalue weighted by Crippen LogP contribution is -2.14. The van der Waals surface area contributed by atoms with E-state index in [2.05, 4.69) is 11.1 Å². The van der Waals surface area contributed by atoms with Gasteiger partial charge in [-0.15, -0.1) is 0 Å². The van der Waals surface area contributed by atoms with Gasteiger partial charge in [-0.25, -0.2) is 4.98 Å². The van der Waals surface area contributed by atoms with Crippen LogP contribution in [0.25, 0.3) is 22.2 Å². The molecule has 120 valence electrons. The summed E-state index contributed by atoms with van der Waals surface area (Å²) in [5.41, 5.74) is 9.51. The predicted molar refractivity (Wildman–Crippen MR) is 90.5 cm³/mol. The van der Waals surface area contributed by atoms with Crippen LogP contribution in [0.1, 0.15) is 27.2 Å². The molecule has 3 aromatic rings. The molecule has 3 N–H and O–H groups in total. The van der Waals surface area contributed by atoms with Crippen molar-refractivity contribution in [2.75, 3.05) is 0 Å². The average molecular weight is 320 g/mol. The van der Waals surface area contributed by atoms with Crippen molar-refractivity contribution in [3.05, 3.63) is 46.8 Å². The number of benzene rings is 1. The SMILES string of the molecule is Cc1ccc(O)c(C)c1-c1cc(C(N)=O)nc2c1c(C#N)cn2C. The minimum Gasteiger partial charge on any atom is -0.508 e. The summed E-state index contributed by atoms with van der Waals surface area (Å²) in [5.74, 6) is -0.496. The normalized spacial score (nSPS) is 10.8. The molecule has 0 saturated heterocycles. The highest BCUT2D eigenvalue weighted by atomic mass is 16.3. The summed E-state index contributed by atoms with van der Waals surface area (Å²) in [4.78, 5) is 16.0. The predicted octanol–water partition coefficient (Wildman–Crippen LogP) is 2.53. The molecule has 0 fully saturated rings. The third-order valence-corrected chi connectivity index (χ3v) is 4.21. The second-order valence-corrected chi connectivity index (χ2v) is 5.78. The van der Waals surface area contributed by atoms with Crippen LogP contribution in [0.5, 0.6) is 5.75 Å². The number of phenolic OH excluding ortho intramolecular Hbond substituents is 1. The van der Waals surface area contributed by atoms with Crippen molar-refractivity contribution in [2.24, 2.45) is 12.8 Å². The van der Waals surface area contributed by atoms with E-state index in [1.807, 2.05) is 6.92 Å². The van der Waals surface area contributed by atoms with Gasteiger partial charge in [0.25, 0.3) is 5.91 Å². The van der Waals surface area contributed by atoms with E-state index in [1.165, 1.54) is 0 Å². The number of pyridine rings is 1. The van der Waals surface area contributed by atoms with E-state index in [0.717, 1.165) is 11.1 Å². The Balaban J connectivity index is 2.54. The molecule has 0 bridgehead atoms. The first-order valence-electron chi connectivity index (χ1n) is 7.34. The molecule has 0 saturated carbocycles. The molecule has 0 aliphatic heterocycles. The smallest absolute Gasteiger partial charge is 0.267 e. The zero-order valence-corrected chi connectivity index (χ0v) is 13.6. The molecule has 6 heteroatoms. The monoisotopic (exact) mass is 320 g/mol. The maximum Gasteiger partial charge on any atom is 0.267 e. The summed E-state index contributed by atoms with van der Waals surface area (Å²) in [6, 6.07) is 7.16. The Kier molecular flexibility index (Phi) is 3.49. The number of nitrogens with two attached hydrogens (primary N) is 1. The summed E-state index contributed by atoms with van der Waals surface area (Å²) < 4.78 is 1.69. The highest BCUT2D eigenvalue weighted by Crippen LogP contribution is 2.38. The number of rotatable bonds is 2. The van der Waals surface area contributed by atoms with Gasteiger partial charge in [0.05, 0.1) is 5.56 Å². The van der Waals surface area contributed by atoms with Gasteiger partial charge in [0.15, 0.2) is 0 Å². The minimum absolute atomic E-state index is 0.116. The lowest BCUT2D eigenvalue weighted by atomic mass is 9.92. The van der Waals surface area contributed by atoms with Gasteiger partial charge in [0.1, 0.15) is 23.2 Å². The third kappa shape index (κ3) is 2.18. The number of nitrogens with zero attached hydrogens (tertiary/aromatic N) is 3. The number of carbonyl (C=O) groups is 1. The Morgan fingerprint density at radius 2 is 2.08 bits per heavy atom. The Morgan fingerprint density at radius 1 is 1.38 bits per heavy atom. The summed E-state index contributed by atoms with van der Waals surface area (Å²) in [6.07, 6.45) is 1.67. The van der Waals surface area contributed by atoms with Crippen LogP contribution in [0.3, 0.4) is 0 Å². The van der Waals surface area contributed by atoms with Crippen molar-refractivity contribution < 1.29 is 9.90 Å². The van der Waals surface area contributed by atoms with Gasteiger partial charge in [-0.2, -0.15) is 5.26 Å². The number of aromatic hydroxyl groups is 1. The highest BCUT2D eigenvalue weighted by molar-refractivity contribution is 6.03. The Morgan fingerprint density at radius 3 is 2.71 bits per heavy atom. The summed E-state index contributed by atoms with van der Waals surface area (Å²) in [7, 11) is 1.76. The molecule has 0 spiro atoms. The molecule has 2 aromatic heterocycles. The maximum atomic E-state index is 11.7. The number of hydrogen-bond donors (Lipinski definition) is 2. The van der Waals surface area contributed by atoms with Crippen LogP contribution in [-0.2, 0) is 7.05 Å². The van der Waals surface area contributed by atoms with Gasteiger partial charge in [-0.05, 0) is 48.2 Å². The zero-order chi connectivity index (χ0) is 17.6. The molecule has 0 unspecified atom stereocenters. The van der Waals surface area contributed by atoms with Gasteiger partial charge < -0.3 is 15.4 Å². The van der Waals surface area contributed by atoms with E-state index in [4.69, 9.17) is 5.73 Å². The van der Waals surface area contributed by atoms with E-state index in [1.54, 1.807) is 42.9 Å². The van der Waals surface area contributed by atoms with Crippen LogP contribution in [0.15, 0.2) is 24.4 Å². The minimum atomic E-state index is -0.645. The molecule has 0 aliphatic rings. The van der Waals surface area contributed by atoms with Crippen molar-refractivity contribution in [1.29, 1.82) is 5.26 Å². The van der Waals surface area contributed by atoms with Gasteiger partial charge >= 0.3 is 0 Å². The first-order chi connectivity index (χ1) is 11.3. The number of fused-ring (bicyclic) bond motifs is 1. The van der Waals surface area contributed by atoms with Crippen molar-refractivity contribution in [2.45, 2.75) is 13.8 Å². The van der Waals surface area contributed by atoms with E-state index < -0.39 is 5.91 Å². The maximum absolute atomic E-state index is 11.7. The number of amides is 1. The summed E-state index contributed by atoms with van der Waals surface area (Å²) in [5, 5.41) is 20.2. The number of phenols is 1. The van der Waals surface area contributed by atoms with Crippen molar-refractivity contribution >= 4 is 16.9 Å². The van der Waals surface area contributed by atoms with Crippen molar-refractivity contribution in [3.8, 4) is 22.9 Å². The fourth-order valence-electron chi connectivity index (χ4n) is 3.03. The first kappa shape index (κ1) is 15.6. The Hall–Kier alpha value is -3.33. The number of carbonyl (C=O) groups excluding carboxylic acids is 1. The van der Waals surface area contributed by atoms with Crippen LogP contribution in [0.4, 0.5) is 0 Å². The van der Waals surface area contributed by atoms with Gasteiger partial charge in [0.2, 0.25) is 0 Å². The van der Waals surface area contributed by atoms with Gasteiger partial charge in [-0.3, -0.25) is 4.79 Å². The largest absolute Gasteiger partial charge is 0.508 e. The molecule has 1 amide bonds. The van der Waals surface area contributed by atoms with Gasteiger partial charge in [-0.1, -0.05) is 6.07 Å². The fourth-order valence-corrected chi connectivity index (χ4v) is 3.03. The lowest BCUT2D eigenvalue weighted by Gasteiger charge is -2.14. The van der Waals surface area contributed by atoms with Crippen molar-refractivity contribution in [1.82, 2.24) is 9.55 Å². The molecule has 1 aromatic carbocycles. The highest BCUT2D eigenvalue weighted by Gasteiger charge is 2.20. The zero-order valence-electron chi connectivity index (χ0n) is 13.6. The van der Waals surface area contributed by atoms with Crippen LogP contribution in [-0.4, -0.2) is 20.6 Å². The van der Waals surface area contributed by atoms with E-state index in [9.17, 15) is 15.2 Å².